The Morgan fingerprint density at radius 3 is 2.39 bits per heavy atom. The van der Waals surface area contributed by atoms with Crippen molar-refractivity contribution < 1.29 is 59.5 Å². The van der Waals surface area contributed by atoms with Gasteiger partial charge in [0.1, 0.15) is 42.5 Å². The van der Waals surface area contributed by atoms with E-state index < -0.39 is 110 Å². The second-order valence-electron chi connectivity index (χ2n) is 12.1. The number of rotatable bonds is 12. The number of aliphatic hydroxyl groups is 7. The van der Waals surface area contributed by atoms with Crippen LogP contribution in [0.4, 0.5) is 0 Å². The zero-order valence-electron chi connectivity index (χ0n) is 24.9. The largest absolute Gasteiger partial charge is 0.393 e. The second kappa shape index (κ2) is 15.8. The molecule has 0 aromatic heterocycles. The van der Waals surface area contributed by atoms with Gasteiger partial charge in [0.15, 0.2) is 18.7 Å². The highest BCUT2D eigenvalue weighted by Gasteiger charge is 2.51. The van der Waals surface area contributed by atoms with E-state index in [1.54, 1.807) is 6.92 Å². The van der Waals surface area contributed by atoms with Crippen LogP contribution in [0.15, 0.2) is 0 Å². The summed E-state index contributed by atoms with van der Waals surface area (Å²) in [4.78, 5) is 12.7. The van der Waals surface area contributed by atoms with Crippen LogP contribution >= 0.6 is 0 Å². The lowest BCUT2D eigenvalue weighted by Crippen LogP contribution is -2.68. The molecule has 2 aliphatic heterocycles. The fourth-order valence-corrected chi connectivity index (χ4v) is 5.41. The minimum absolute atomic E-state index is 0.0528. The van der Waals surface area contributed by atoms with Crippen molar-refractivity contribution in [1.29, 1.82) is 5.41 Å². The van der Waals surface area contributed by atoms with Crippen molar-refractivity contribution in [2.45, 2.75) is 118 Å². The number of hydrogen-bond acceptors (Lipinski definition) is 16. The number of nitrogens with two attached hydrogens (primary N) is 3. The summed E-state index contributed by atoms with van der Waals surface area (Å²) in [5.74, 6) is -1.97. The molecule has 0 bridgehead atoms. The normalized spacial score (nSPS) is 41.8. The van der Waals surface area contributed by atoms with Gasteiger partial charge in [-0.3, -0.25) is 10.2 Å². The Morgan fingerprint density at radius 1 is 1.09 bits per heavy atom. The minimum Gasteiger partial charge on any atom is -0.393 e. The van der Waals surface area contributed by atoms with Gasteiger partial charge in [0.2, 0.25) is 0 Å². The number of carbonyl (C=O) groups excluding carboxylic acids is 1. The summed E-state index contributed by atoms with van der Waals surface area (Å²) >= 11 is 0. The number of hydrogen-bond donors (Lipinski definition) is 13. The van der Waals surface area contributed by atoms with Gasteiger partial charge in [-0.2, -0.15) is 0 Å². The van der Waals surface area contributed by atoms with Crippen LogP contribution in [0.1, 0.15) is 33.1 Å². The predicted octanol–water partition coefficient (Wildman–Crippen LogP) is -6.13. The number of amides is 1. The van der Waals surface area contributed by atoms with Gasteiger partial charge < -0.3 is 82.5 Å². The summed E-state index contributed by atoms with van der Waals surface area (Å²) in [7, 11) is 0. The van der Waals surface area contributed by atoms with E-state index in [0.717, 1.165) is 0 Å². The average molecular weight is 639 g/mol. The summed E-state index contributed by atoms with van der Waals surface area (Å²) in [5, 5.41) is 84.5. The highest BCUT2D eigenvalue weighted by Crippen LogP contribution is 2.34. The van der Waals surface area contributed by atoms with Gasteiger partial charge in [-0.25, -0.2) is 0 Å². The Balaban J connectivity index is 1.77. The molecule has 3 rings (SSSR count). The number of nitrogens with one attached hydrogen (secondary N) is 3. The van der Waals surface area contributed by atoms with Crippen molar-refractivity contribution in [1.82, 2.24) is 10.6 Å². The van der Waals surface area contributed by atoms with E-state index in [1.807, 2.05) is 0 Å². The van der Waals surface area contributed by atoms with Crippen LogP contribution in [0, 0.1) is 11.3 Å². The van der Waals surface area contributed by atoms with Gasteiger partial charge >= 0.3 is 0 Å². The smallest absolute Gasteiger partial charge is 0.251 e. The van der Waals surface area contributed by atoms with E-state index in [1.165, 1.54) is 6.92 Å². The summed E-state index contributed by atoms with van der Waals surface area (Å²) in [6.45, 7) is 2.01. The molecule has 2 saturated heterocycles. The van der Waals surface area contributed by atoms with Crippen molar-refractivity contribution in [3.05, 3.63) is 0 Å². The van der Waals surface area contributed by atoms with Crippen molar-refractivity contribution in [3.8, 4) is 0 Å². The fourth-order valence-electron chi connectivity index (χ4n) is 5.41. The molecular weight excluding hydrogens is 588 g/mol. The quantitative estimate of drug-likeness (QED) is 0.0698. The highest BCUT2D eigenvalue weighted by molar-refractivity contribution is 5.83. The Bertz CT molecular complexity index is 951. The van der Waals surface area contributed by atoms with Crippen LogP contribution in [0.25, 0.3) is 0 Å². The van der Waals surface area contributed by atoms with E-state index in [0.29, 0.717) is 12.8 Å². The molecule has 0 aromatic carbocycles. The molecule has 18 nitrogen and oxygen atoms in total. The van der Waals surface area contributed by atoms with Crippen LogP contribution in [-0.4, -0.2) is 159 Å². The van der Waals surface area contributed by atoms with Crippen LogP contribution in [0.2, 0.25) is 0 Å². The van der Waals surface area contributed by atoms with Gasteiger partial charge in [0.05, 0.1) is 37.0 Å². The molecule has 1 aliphatic carbocycles. The van der Waals surface area contributed by atoms with E-state index >= 15 is 0 Å². The highest BCUT2D eigenvalue weighted by atomic mass is 16.7. The standard InChI is InChI=1S/C26H50N6O12/c1-10-17(36)25(41-9-26(10,2)40)44-21-14(32-23(39)18(37)15(34)6-27)5-13(29)20(19(21)38)43-24-12(28)4-3-11(42-24)7-31-22(30)16(35)8-33/h10-21,24-25,33-38,40H,3-9,27-29H2,1-2H3,(H2,30,31)(H,32,39)/t10-,11+,12?,13+,14-,15+,16?,17?,18+,19?,20?,21?,24-,25-,26?/m1/s1. The molecule has 3 fully saturated rings. The average Bonchev–Trinajstić information content (AvgIpc) is 2.99. The fraction of sp³-hybridized carbons (Fsp3) is 0.923. The maximum atomic E-state index is 12.7. The third-order valence-electron chi connectivity index (χ3n) is 8.64. The molecule has 15 atom stereocenters. The summed E-state index contributed by atoms with van der Waals surface area (Å²) in [5.41, 5.74) is 16.6. The first kappa shape index (κ1) is 36.8. The van der Waals surface area contributed by atoms with Gasteiger partial charge in [0.25, 0.3) is 5.91 Å². The molecule has 7 unspecified atom stereocenters. The molecule has 256 valence electrons. The summed E-state index contributed by atoms with van der Waals surface area (Å²) in [6.07, 6.45) is -12.2. The molecule has 16 N–H and O–H groups in total. The number of amidine groups is 1. The first-order chi connectivity index (χ1) is 20.6. The van der Waals surface area contributed by atoms with E-state index in [2.05, 4.69) is 10.6 Å². The number of carbonyl (C=O) groups is 1. The van der Waals surface area contributed by atoms with Gasteiger partial charge in [0, 0.05) is 25.0 Å². The van der Waals surface area contributed by atoms with Crippen LogP contribution in [0.3, 0.4) is 0 Å². The Kier molecular flexibility index (Phi) is 13.2. The van der Waals surface area contributed by atoms with Crippen LogP contribution in [-0.2, 0) is 23.7 Å². The summed E-state index contributed by atoms with van der Waals surface area (Å²) < 4.78 is 23.6. The van der Waals surface area contributed by atoms with E-state index in [-0.39, 0.29) is 25.4 Å². The molecule has 44 heavy (non-hydrogen) atoms. The lowest BCUT2D eigenvalue weighted by molar-refractivity contribution is -0.314. The topological polar surface area (TPSA) is 322 Å². The molecule has 1 amide bonds. The van der Waals surface area contributed by atoms with Gasteiger partial charge in [-0.05, 0) is 26.2 Å². The lowest BCUT2D eigenvalue weighted by Gasteiger charge is -2.48. The van der Waals surface area contributed by atoms with Gasteiger partial charge in [-0.15, -0.1) is 0 Å². The first-order valence-corrected chi connectivity index (χ1v) is 14.8. The number of aliphatic hydroxyl groups excluding tert-OH is 6. The lowest BCUT2D eigenvalue weighted by atomic mass is 9.82. The summed E-state index contributed by atoms with van der Waals surface area (Å²) in [6, 6.07) is -2.60. The molecule has 3 aliphatic rings. The second-order valence-corrected chi connectivity index (χ2v) is 12.1. The molecule has 0 radical (unpaired) electrons. The van der Waals surface area contributed by atoms with Gasteiger partial charge in [-0.1, -0.05) is 6.92 Å². The molecular formula is C26H50N6O12. The maximum absolute atomic E-state index is 12.7. The number of ether oxygens (including phenoxy) is 4. The molecule has 2 heterocycles. The third-order valence-corrected chi connectivity index (χ3v) is 8.64. The molecule has 0 spiro atoms. The zero-order chi connectivity index (χ0) is 32.9. The molecule has 1 saturated carbocycles. The monoisotopic (exact) mass is 638 g/mol. The van der Waals surface area contributed by atoms with Crippen molar-refractivity contribution in [3.63, 3.8) is 0 Å². The van der Waals surface area contributed by atoms with Crippen LogP contribution in [0.5, 0.6) is 0 Å². The Hall–Kier alpha value is -1.62. The van der Waals surface area contributed by atoms with Crippen LogP contribution < -0.4 is 27.8 Å². The zero-order valence-corrected chi connectivity index (χ0v) is 24.9. The van der Waals surface area contributed by atoms with Crippen molar-refractivity contribution in [2.24, 2.45) is 23.1 Å². The third kappa shape index (κ3) is 8.80. The van der Waals surface area contributed by atoms with E-state index in [4.69, 9.17) is 46.7 Å². The van der Waals surface area contributed by atoms with Crippen molar-refractivity contribution in [2.75, 3.05) is 26.3 Å². The predicted molar refractivity (Wildman–Crippen MR) is 152 cm³/mol. The molecule has 0 aromatic rings. The van der Waals surface area contributed by atoms with E-state index in [9.17, 15) is 35.4 Å². The Labute approximate surface area is 255 Å². The minimum atomic E-state index is -1.88. The first-order valence-electron chi connectivity index (χ1n) is 14.8. The SMILES string of the molecule is C[C@@H]1C(O)[C@@H](OC2C(O)C(O[C@H]3O[C@H](CNC(=N)C(O)CO)CCC3N)[C@@H](N)C[C@H]2NC(=O)[C@@H](O)[C@@H](O)CN)OCC1(C)O. The Morgan fingerprint density at radius 2 is 1.75 bits per heavy atom. The molecule has 18 heteroatoms. The van der Waals surface area contributed by atoms with Crippen molar-refractivity contribution >= 4 is 11.7 Å². The maximum Gasteiger partial charge on any atom is 0.251 e.